The molecule has 1 unspecified atom stereocenters. The molecule has 1 aromatic heterocycles. The maximum Gasteiger partial charge on any atom is 0.409 e. The third kappa shape index (κ3) is 5.42. The molecule has 0 aliphatic carbocycles. The summed E-state index contributed by atoms with van der Waals surface area (Å²) in [6, 6.07) is 4.30. The summed E-state index contributed by atoms with van der Waals surface area (Å²) >= 11 is 0. The van der Waals surface area contributed by atoms with Crippen LogP contribution in [0, 0.1) is 5.92 Å². The predicted octanol–water partition coefficient (Wildman–Crippen LogP) is 2.03. The number of hydrogen-bond donors (Lipinski definition) is 1. The molecular weight excluding hydrogens is 344 g/mol. The number of aromatic nitrogens is 1. The van der Waals surface area contributed by atoms with E-state index in [-0.39, 0.29) is 17.9 Å². The summed E-state index contributed by atoms with van der Waals surface area (Å²) in [6.07, 6.45) is 7.19. The second-order valence-corrected chi connectivity index (χ2v) is 7.33. The Morgan fingerprint density at radius 1 is 1.26 bits per heavy atom. The highest BCUT2D eigenvalue weighted by Crippen LogP contribution is 2.24. The molecule has 0 saturated carbocycles. The highest BCUT2D eigenvalue weighted by molar-refractivity contribution is 5.79. The number of carbonyl (C=O) groups excluding carboxylic acids is 2. The maximum atomic E-state index is 12.6. The minimum atomic E-state index is -0.206. The van der Waals surface area contributed by atoms with Crippen LogP contribution in [0.2, 0.25) is 0 Å². The third-order valence-corrected chi connectivity index (χ3v) is 5.52. The van der Waals surface area contributed by atoms with E-state index in [9.17, 15) is 9.59 Å². The summed E-state index contributed by atoms with van der Waals surface area (Å²) in [4.78, 5) is 32.7. The van der Waals surface area contributed by atoms with Crippen molar-refractivity contribution in [1.82, 2.24) is 20.1 Å². The first-order valence-electron chi connectivity index (χ1n) is 9.99. The van der Waals surface area contributed by atoms with Crippen LogP contribution in [0.5, 0.6) is 0 Å². The van der Waals surface area contributed by atoms with Gasteiger partial charge >= 0.3 is 6.09 Å². The molecular formula is C20H30N4O3. The van der Waals surface area contributed by atoms with Crippen molar-refractivity contribution in [2.75, 3.05) is 32.8 Å². The quantitative estimate of drug-likeness (QED) is 0.854. The Hall–Kier alpha value is -2.15. The number of rotatable bonds is 5. The molecule has 0 spiro atoms. The van der Waals surface area contributed by atoms with Gasteiger partial charge in [-0.3, -0.25) is 14.7 Å². The first-order valence-corrected chi connectivity index (χ1v) is 9.99. The van der Waals surface area contributed by atoms with Crippen LogP contribution < -0.4 is 5.32 Å². The summed E-state index contributed by atoms with van der Waals surface area (Å²) < 4.78 is 5.09. The number of pyridine rings is 1. The van der Waals surface area contributed by atoms with Gasteiger partial charge in [0.2, 0.25) is 5.91 Å². The number of amides is 2. The molecule has 2 aliphatic rings. The van der Waals surface area contributed by atoms with Crippen molar-refractivity contribution in [2.24, 2.45) is 5.92 Å². The van der Waals surface area contributed by atoms with Gasteiger partial charge in [-0.15, -0.1) is 0 Å². The first-order chi connectivity index (χ1) is 13.2. The van der Waals surface area contributed by atoms with Gasteiger partial charge in [-0.25, -0.2) is 4.79 Å². The van der Waals surface area contributed by atoms with E-state index in [2.05, 4.69) is 15.2 Å². The van der Waals surface area contributed by atoms with Crippen molar-refractivity contribution < 1.29 is 14.3 Å². The maximum absolute atomic E-state index is 12.6. The number of nitrogens with zero attached hydrogens (tertiary/aromatic N) is 3. The topological polar surface area (TPSA) is 74.8 Å². The summed E-state index contributed by atoms with van der Waals surface area (Å²) in [7, 11) is 0. The molecule has 0 radical (unpaired) electrons. The van der Waals surface area contributed by atoms with Crippen LogP contribution in [0.4, 0.5) is 4.79 Å². The van der Waals surface area contributed by atoms with Crippen molar-refractivity contribution in [3.05, 3.63) is 30.1 Å². The van der Waals surface area contributed by atoms with E-state index in [1.807, 2.05) is 19.1 Å². The van der Waals surface area contributed by atoms with Crippen molar-refractivity contribution >= 4 is 12.0 Å². The van der Waals surface area contributed by atoms with Crippen molar-refractivity contribution in [1.29, 1.82) is 0 Å². The standard InChI is InChI=1S/C20H30N4O3/c1-2-27-20(26)23-11-7-18(8-12-23)24-10-4-6-17(15-24)19(25)22-14-16-5-3-9-21-13-16/h3,5,9,13,17-18H,2,4,6-8,10-12,14-15H2,1H3,(H,22,25). The van der Waals surface area contributed by atoms with Gasteiger partial charge < -0.3 is 15.0 Å². The second-order valence-electron chi connectivity index (χ2n) is 7.33. The summed E-state index contributed by atoms with van der Waals surface area (Å²) in [5.74, 6) is 0.172. The minimum Gasteiger partial charge on any atom is -0.450 e. The number of nitrogens with one attached hydrogen (secondary N) is 1. The van der Waals surface area contributed by atoms with E-state index in [0.717, 1.165) is 57.4 Å². The monoisotopic (exact) mass is 374 g/mol. The highest BCUT2D eigenvalue weighted by atomic mass is 16.6. The van der Waals surface area contributed by atoms with Crippen LogP contribution in [-0.2, 0) is 16.1 Å². The molecule has 2 amide bonds. The van der Waals surface area contributed by atoms with Crippen molar-refractivity contribution in [2.45, 2.75) is 45.2 Å². The van der Waals surface area contributed by atoms with Gasteiger partial charge in [0.05, 0.1) is 12.5 Å². The number of piperidine rings is 2. The Bertz CT molecular complexity index is 617. The molecule has 1 atom stereocenters. The van der Waals surface area contributed by atoms with Gasteiger partial charge in [-0.1, -0.05) is 6.07 Å². The molecule has 1 N–H and O–H groups in total. The first kappa shape index (κ1) is 19.6. The Kier molecular flexibility index (Phi) is 7.04. The molecule has 3 rings (SSSR count). The average molecular weight is 374 g/mol. The molecule has 148 valence electrons. The molecule has 2 aliphatic heterocycles. The number of likely N-dealkylation sites (tertiary alicyclic amines) is 2. The van der Waals surface area contributed by atoms with Gasteiger partial charge in [0.1, 0.15) is 0 Å². The zero-order chi connectivity index (χ0) is 19.1. The number of carbonyl (C=O) groups is 2. The van der Waals surface area contributed by atoms with Gasteiger partial charge in [-0.2, -0.15) is 0 Å². The Morgan fingerprint density at radius 3 is 2.78 bits per heavy atom. The van der Waals surface area contributed by atoms with Gasteiger partial charge in [0, 0.05) is 44.6 Å². The zero-order valence-corrected chi connectivity index (χ0v) is 16.1. The van der Waals surface area contributed by atoms with Crippen LogP contribution in [0.1, 0.15) is 38.2 Å². The summed E-state index contributed by atoms with van der Waals surface area (Å²) in [5.41, 5.74) is 1.02. The van der Waals surface area contributed by atoms with Crippen LogP contribution in [0.15, 0.2) is 24.5 Å². The fourth-order valence-corrected chi connectivity index (χ4v) is 4.02. The smallest absolute Gasteiger partial charge is 0.409 e. The van der Waals surface area contributed by atoms with Crippen molar-refractivity contribution in [3.63, 3.8) is 0 Å². The summed E-state index contributed by atoms with van der Waals surface area (Å²) in [6.45, 7) is 6.09. The fraction of sp³-hybridized carbons (Fsp3) is 0.650. The molecule has 7 nitrogen and oxygen atoms in total. The zero-order valence-electron chi connectivity index (χ0n) is 16.1. The lowest BCUT2D eigenvalue weighted by Crippen LogP contribution is -2.51. The lowest BCUT2D eigenvalue weighted by Gasteiger charge is -2.41. The predicted molar refractivity (Wildman–Crippen MR) is 102 cm³/mol. The largest absolute Gasteiger partial charge is 0.450 e. The number of hydrogen-bond acceptors (Lipinski definition) is 5. The Labute approximate surface area is 161 Å². The molecule has 1 aromatic rings. The molecule has 2 fully saturated rings. The summed E-state index contributed by atoms with van der Waals surface area (Å²) in [5, 5.41) is 3.05. The third-order valence-electron chi connectivity index (χ3n) is 5.52. The van der Waals surface area contributed by atoms with E-state index in [1.165, 1.54) is 0 Å². The van der Waals surface area contributed by atoms with E-state index in [4.69, 9.17) is 4.74 Å². The second kappa shape index (κ2) is 9.69. The molecule has 7 heteroatoms. The van der Waals surface area contributed by atoms with E-state index in [1.54, 1.807) is 17.3 Å². The number of ether oxygens (including phenoxy) is 1. The molecule has 3 heterocycles. The molecule has 0 bridgehead atoms. The van der Waals surface area contributed by atoms with Gasteiger partial charge in [-0.05, 0) is 50.8 Å². The SMILES string of the molecule is CCOC(=O)N1CCC(N2CCCC(C(=O)NCc3cccnc3)C2)CC1. The van der Waals surface area contributed by atoms with Gasteiger partial charge in [0.25, 0.3) is 0 Å². The molecule has 0 aromatic carbocycles. The van der Waals surface area contributed by atoms with Crippen LogP contribution in [0.25, 0.3) is 0 Å². The fourth-order valence-electron chi connectivity index (χ4n) is 4.02. The van der Waals surface area contributed by atoms with E-state index < -0.39 is 0 Å². The van der Waals surface area contributed by atoms with Crippen LogP contribution >= 0.6 is 0 Å². The van der Waals surface area contributed by atoms with Gasteiger partial charge in [0.15, 0.2) is 0 Å². The normalized spacial score (nSPS) is 21.7. The van der Waals surface area contributed by atoms with Crippen LogP contribution in [0.3, 0.4) is 0 Å². The van der Waals surface area contributed by atoms with Crippen molar-refractivity contribution in [3.8, 4) is 0 Å². The Balaban J connectivity index is 1.45. The average Bonchev–Trinajstić information content (AvgIpc) is 2.73. The van der Waals surface area contributed by atoms with E-state index >= 15 is 0 Å². The minimum absolute atomic E-state index is 0.0403. The highest BCUT2D eigenvalue weighted by Gasteiger charge is 2.32. The Morgan fingerprint density at radius 2 is 2.07 bits per heavy atom. The molecule has 2 saturated heterocycles. The van der Waals surface area contributed by atoms with Crippen LogP contribution in [-0.4, -0.2) is 65.6 Å². The van der Waals surface area contributed by atoms with E-state index in [0.29, 0.717) is 19.2 Å². The lowest BCUT2D eigenvalue weighted by molar-refractivity contribution is -0.127. The molecule has 27 heavy (non-hydrogen) atoms. The lowest BCUT2D eigenvalue weighted by atomic mass is 9.93.